The molecule has 2 rings (SSSR count). The summed E-state index contributed by atoms with van der Waals surface area (Å²) in [6, 6.07) is 2.24. The van der Waals surface area contributed by atoms with E-state index < -0.39 is 11.5 Å². The van der Waals surface area contributed by atoms with Crippen molar-refractivity contribution in [3.05, 3.63) is 0 Å². The molecule has 2 aliphatic rings. The molecule has 0 spiro atoms. The molecule has 3 unspecified atom stereocenters. The minimum Gasteiger partial charge on any atom is -0.391 e. The molecule has 2 heterocycles. The molecule has 0 bridgehead atoms. The van der Waals surface area contributed by atoms with E-state index in [1.54, 1.807) is 0 Å². The Morgan fingerprint density at radius 2 is 2.27 bits per heavy atom. The summed E-state index contributed by atoms with van der Waals surface area (Å²) in [5, 5.41) is 19.4. The van der Waals surface area contributed by atoms with E-state index in [0.717, 1.165) is 19.4 Å². The summed E-state index contributed by atoms with van der Waals surface area (Å²) in [6.45, 7) is 2.29. The van der Waals surface area contributed by atoms with E-state index in [1.807, 2.05) is 0 Å². The topological polar surface area (TPSA) is 62.5 Å². The van der Waals surface area contributed by atoms with Gasteiger partial charge in [-0.05, 0) is 19.3 Å². The lowest BCUT2D eigenvalue weighted by Gasteiger charge is -2.34. The third kappa shape index (κ3) is 2.00. The van der Waals surface area contributed by atoms with Gasteiger partial charge in [-0.1, -0.05) is 0 Å². The molecule has 0 saturated carbocycles. The first kappa shape index (κ1) is 10.9. The highest BCUT2D eigenvalue weighted by Crippen LogP contribution is 2.37. The number of ether oxygens (including phenoxy) is 2. The molecule has 4 nitrogen and oxygen atoms in total. The summed E-state index contributed by atoms with van der Waals surface area (Å²) in [4.78, 5) is 0. The van der Waals surface area contributed by atoms with Crippen molar-refractivity contribution in [1.82, 2.24) is 0 Å². The van der Waals surface area contributed by atoms with E-state index in [2.05, 4.69) is 6.07 Å². The Bertz CT molecular complexity index is 249. The Kier molecular flexibility index (Phi) is 3.25. The Labute approximate surface area is 89.8 Å². The van der Waals surface area contributed by atoms with Crippen molar-refractivity contribution < 1.29 is 14.6 Å². The number of nitrogens with zero attached hydrogens (tertiary/aromatic N) is 1. The zero-order valence-electron chi connectivity index (χ0n) is 8.82. The van der Waals surface area contributed by atoms with E-state index in [4.69, 9.17) is 9.47 Å². The summed E-state index contributed by atoms with van der Waals surface area (Å²) in [7, 11) is 0. The maximum absolute atomic E-state index is 10.2. The minimum absolute atomic E-state index is 0.0973. The number of aliphatic hydroxyl groups excluding tert-OH is 1. The van der Waals surface area contributed by atoms with Crippen molar-refractivity contribution in [3.8, 4) is 6.07 Å². The van der Waals surface area contributed by atoms with Crippen LogP contribution in [0.5, 0.6) is 0 Å². The summed E-state index contributed by atoms with van der Waals surface area (Å²) in [5.41, 5.74) is -0.689. The van der Waals surface area contributed by atoms with Gasteiger partial charge in [0.15, 0.2) is 0 Å². The van der Waals surface area contributed by atoms with E-state index >= 15 is 0 Å². The van der Waals surface area contributed by atoms with Crippen LogP contribution in [0.3, 0.4) is 0 Å². The van der Waals surface area contributed by atoms with Gasteiger partial charge in [-0.15, -0.1) is 0 Å². The highest BCUT2D eigenvalue weighted by atomic mass is 16.5. The SMILES string of the molecule is N#CC1(C(O)C2CCCOC2)CCOC1. The van der Waals surface area contributed by atoms with Crippen LogP contribution in [-0.2, 0) is 9.47 Å². The van der Waals surface area contributed by atoms with Gasteiger partial charge in [-0.3, -0.25) is 0 Å². The van der Waals surface area contributed by atoms with Crippen molar-refractivity contribution in [2.45, 2.75) is 25.4 Å². The van der Waals surface area contributed by atoms with Crippen LogP contribution in [-0.4, -0.2) is 37.6 Å². The van der Waals surface area contributed by atoms with E-state index in [0.29, 0.717) is 26.2 Å². The fourth-order valence-corrected chi connectivity index (χ4v) is 2.43. The van der Waals surface area contributed by atoms with E-state index in [1.165, 1.54) is 0 Å². The zero-order valence-corrected chi connectivity index (χ0v) is 8.82. The molecule has 0 aromatic heterocycles. The first-order valence-corrected chi connectivity index (χ1v) is 5.53. The normalized spacial score (nSPS) is 38.5. The molecule has 0 aromatic rings. The van der Waals surface area contributed by atoms with Crippen LogP contribution in [0, 0.1) is 22.7 Å². The van der Waals surface area contributed by atoms with Crippen molar-refractivity contribution in [3.63, 3.8) is 0 Å². The maximum Gasteiger partial charge on any atom is 0.109 e. The Morgan fingerprint density at radius 3 is 2.80 bits per heavy atom. The van der Waals surface area contributed by atoms with Crippen LogP contribution in [0.25, 0.3) is 0 Å². The average Bonchev–Trinajstić information content (AvgIpc) is 2.79. The molecule has 15 heavy (non-hydrogen) atoms. The van der Waals surface area contributed by atoms with E-state index in [9.17, 15) is 10.4 Å². The van der Waals surface area contributed by atoms with Crippen molar-refractivity contribution >= 4 is 0 Å². The fraction of sp³-hybridized carbons (Fsp3) is 0.909. The fourth-order valence-electron chi connectivity index (χ4n) is 2.43. The number of nitriles is 1. The number of hydrogen-bond donors (Lipinski definition) is 1. The molecular weight excluding hydrogens is 194 g/mol. The zero-order chi connectivity index (χ0) is 10.7. The van der Waals surface area contributed by atoms with Gasteiger partial charge >= 0.3 is 0 Å². The molecule has 0 amide bonds. The van der Waals surface area contributed by atoms with E-state index in [-0.39, 0.29) is 5.92 Å². The quantitative estimate of drug-likeness (QED) is 0.730. The molecule has 0 aromatic carbocycles. The Hall–Kier alpha value is -0.630. The number of rotatable bonds is 2. The summed E-state index contributed by atoms with van der Waals surface area (Å²) >= 11 is 0. The molecule has 4 heteroatoms. The molecule has 3 atom stereocenters. The van der Waals surface area contributed by atoms with Crippen LogP contribution < -0.4 is 0 Å². The Morgan fingerprint density at radius 1 is 1.40 bits per heavy atom. The molecule has 0 radical (unpaired) electrons. The second kappa shape index (κ2) is 4.48. The van der Waals surface area contributed by atoms with Crippen molar-refractivity contribution in [1.29, 1.82) is 5.26 Å². The summed E-state index contributed by atoms with van der Waals surface area (Å²) < 4.78 is 10.6. The maximum atomic E-state index is 10.2. The first-order valence-electron chi connectivity index (χ1n) is 5.53. The van der Waals surface area contributed by atoms with Crippen molar-refractivity contribution in [2.24, 2.45) is 11.3 Å². The predicted octanol–water partition coefficient (Wildman–Crippen LogP) is 0.704. The smallest absolute Gasteiger partial charge is 0.109 e. The van der Waals surface area contributed by atoms with Crippen LogP contribution >= 0.6 is 0 Å². The number of hydrogen-bond acceptors (Lipinski definition) is 4. The van der Waals surface area contributed by atoms with Gasteiger partial charge in [-0.25, -0.2) is 0 Å². The van der Waals surface area contributed by atoms with Crippen LogP contribution in [0.1, 0.15) is 19.3 Å². The van der Waals surface area contributed by atoms with Gasteiger partial charge < -0.3 is 14.6 Å². The van der Waals surface area contributed by atoms with Gasteiger partial charge in [0.05, 0.1) is 25.4 Å². The molecule has 0 aliphatic carbocycles. The lowest BCUT2D eigenvalue weighted by atomic mass is 9.75. The second-order valence-corrected chi connectivity index (χ2v) is 4.49. The highest BCUT2D eigenvalue weighted by Gasteiger charge is 2.45. The monoisotopic (exact) mass is 211 g/mol. The first-order chi connectivity index (χ1) is 7.28. The van der Waals surface area contributed by atoms with Crippen LogP contribution in [0.2, 0.25) is 0 Å². The predicted molar refractivity (Wildman–Crippen MR) is 53.0 cm³/mol. The third-order valence-corrected chi connectivity index (χ3v) is 3.48. The van der Waals surface area contributed by atoms with Crippen molar-refractivity contribution in [2.75, 3.05) is 26.4 Å². The molecule has 2 saturated heterocycles. The van der Waals surface area contributed by atoms with Gasteiger partial charge in [0.25, 0.3) is 0 Å². The van der Waals surface area contributed by atoms with Gasteiger partial charge in [0, 0.05) is 19.1 Å². The van der Waals surface area contributed by atoms with Crippen LogP contribution in [0.15, 0.2) is 0 Å². The standard InChI is InChI=1S/C11H17NO3/c12-7-11(3-5-15-8-11)10(13)9-2-1-4-14-6-9/h9-10,13H,1-6,8H2. The van der Waals surface area contributed by atoms with Gasteiger partial charge in [0.2, 0.25) is 0 Å². The molecule has 1 N–H and O–H groups in total. The lowest BCUT2D eigenvalue weighted by Crippen LogP contribution is -2.43. The Balaban J connectivity index is 2.04. The lowest BCUT2D eigenvalue weighted by molar-refractivity contribution is -0.0536. The molecular formula is C11H17NO3. The number of aliphatic hydroxyl groups is 1. The third-order valence-electron chi connectivity index (χ3n) is 3.48. The largest absolute Gasteiger partial charge is 0.391 e. The molecule has 2 aliphatic heterocycles. The van der Waals surface area contributed by atoms with Gasteiger partial charge in [-0.2, -0.15) is 5.26 Å². The second-order valence-electron chi connectivity index (χ2n) is 4.49. The summed E-state index contributed by atoms with van der Waals surface area (Å²) in [6.07, 6.45) is 1.96. The molecule has 84 valence electrons. The minimum atomic E-state index is -0.689. The molecule has 2 fully saturated rings. The highest BCUT2D eigenvalue weighted by molar-refractivity contribution is 5.07. The van der Waals surface area contributed by atoms with Gasteiger partial charge in [0.1, 0.15) is 5.41 Å². The average molecular weight is 211 g/mol. The summed E-state index contributed by atoms with van der Waals surface area (Å²) in [5.74, 6) is 0.0973. The van der Waals surface area contributed by atoms with Crippen LogP contribution in [0.4, 0.5) is 0 Å².